The van der Waals surface area contributed by atoms with Gasteiger partial charge in [0, 0.05) is 11.4 Å². The zero-order valence-corrected chi connectivity index (χ0v) is 11.7. The lowest BCUT2D eigenvalue weighted by molar-refractivity contribution is 0.0904. The van der Waals surface area contributed by atoms with E-state index in [1.54, 1.807) is 0 Å². The predicted octanol–water partition coefficient (Wildman–Crippen LogP) is 2.50. The molecular formula is C13H21NO2S. The minimum atomic E-state index is -0.457. The van der Waals surface area contributed by atoms with Crippen molar-refractivity contribution in [2.45, 2.75) is 40.2 Å². The molecule has 0 aromatic carbocycles. The minimum absolute atomic E-state index is 0.0889. The first-order valence-electron chi connectivity index (χ1n) is 5.93. The monoisotopic (exact) mass is 255 g/mol. The summed E-state index contributed by atoms with van der Waals surface area (Å²) in [6.45, 7) is 8.43. The van der Waals surface area contributed by atoms with Gasteiger partial charge in [0.25, 0.3) is 5.91 Å². The average molecular weight is 255 g/mol. The maximum atomic E-state index is 11.8. The zero-order valence-electron chi connectivity index (χ0n) is 10.9. The second-order valence-corrected chi connectivity index (χ2v) is 6.10. The first-order valence-corrected chi connectivity index (χ1v) is 6.75. The molecule has 1 heterocycles. The van der Waals surface area contributed by atoms with Gasteiger partial charge in [-0.25, -0.2) is 0 Å². The minimum Gasteiger partial charge on any atom is -0.391 e. The van der Waals surface area contributed by atoms with Crippen molar-refractivity contribution in [1.29, 1.82) is 0 Å². The third kappa shape index (κ3) is 4.48. The smallest absolute Gasteiger partial charge is 0.261 e. The number of hydrogen-bond donors (Lipinski definition) is 2. The highest BCUT2D eigenvalue weighted by atomic mass is 32.1. The second-order valence-electron chi connectivity index (χ2n) is 4.84. The van der Waals surface area contributed by atoms with Crippen molar-refractivity contribution >= 4 is 17.2 Å². The van der Waals surface area contributed by atoms with Crippen molar-refractivity contribution in [2.75, 3.05) is 6.54 Å². The maximum Gasteiger partial charge on any atom is 0.261 e. The van der Waals surface area contributed by atoms with Gasteiger partial charge in [0.05, 0.1) is 11.0 Å². The van der Waals surface area contributed by atoms with E-state index in [4.69, 9.17) is 0 Å². The molecule has 2 N–H and O–H groups in total. The normalized spacial score (nSPS) is 12.8. The molecule has 1 amide bonds. The molecule has 3 nitrogen and oxygen atoms in total. The Bertz CT molecular complexity index is 365. The summed E-state index contributed by atoms with van der Waals surface area (Å²) < 4.78 is 0. The summed E-state index contributed by atoms with van der Waals surface area (Å²) in [5, 5.41) is 12.4. The molecular weight excluding hydrogens is 234 g/mol. The van der Waals surface area contributed by atoms with Crippen LogP contribution in [0.25, 0.3) is 0 Å². The molecule has 1 rings (SSSR count). The lowest BCUT2D eigenvalue weighted by atomic mass is 10.1. The fourth-order valence-corrected chi connectivity index (χ4v) is 2.56. The van der Waals surface area contributed by atoms with E-state index in [1.165, 1.54) is 11.3 Å². The van der Waals surface area contributed by atoms with Gasteiger partial charge in [-0.3, -0.25) is 4.79 Å². The van der Waals surface area contributed by atoms with Crippen molar-refractivity contribution in [3.8, 4) is 0 Å². The molecule has 0 radical (unpaired) electrons. The molecule has 0 spiro atoms. The number of aliphatic hydroxyl groups excluding tert-OH is 1. The van der Waals surface area contributed by atoms with Crippen molar-refractivity contribution in [3.05, 3.63) is 21.4 Å². The first-order chi connectivity index (χ1) is 7.90. The third-order valence-electron chi connectivity index (χ3n) is 2.63. The van der Waals surface area contributed by atoms with Gasteiger partial charge < -0.3 is 10.4 Å². The Morgan fingerprint density at radius 3 is 2.59 bits per heavy atom. The number of aliphatic hydroxyl groups is 1. The molecule has 0 saturated heterocycles. The SMILES string of the molecule is Cc1cc(C(=O)NCC(O)CC(C)C)sc1C. The number of rotatable bonds is 5. The molecule has 0 fully saturated rings. The molecule has 1 unspecified atom stereocenters. The molecule has 1 aromatic rings. The number of aryl methyl sites for hydroxylation is 2. The molecule has 0 saturated carbocycles. The van der Waals surface area contributed by atoms with Crippen LogP contribution in [0.3, 0.4) is 0 Å². The Hall–Kier alpha value is -0.870. The number of thiophene rings is 1. The zero-order chi connectivity index (χ0) is 13.0. The van der Waals surface area contributed by atoms with E-state index in [9.17, 15) is 9.90 Å². The van der Waals surface area contributed by atoms with E-state index in [0.717, 1.165) is 15.3 Å². The second kappa shape index (κ2) is 6.17. The van der Waals surface area contributed by atoms with Gasteiger partial charge in [-0.2, -0.15) is 0 Å². The maximum absolute atomic E-state index is 11.8. The molecule has 4 heteroatoms. The van der Waals surface area contributed by atoms with Crippen LogP contribution in [0.2, 0.25) is 0 Å². The van der Waals surface area contributed by atoms with Crippen LogP contribution in [0.15, 0.2) is 6.07 Å². The molecule has 0 aliphatic carbocycles. The summed E-state index contributed by atoms with van der Waals surface area (Å²) in [7, 11) is 0. The molecule has 1 atom stereocenters. The highest BCUT2D eigenvalue weighted by Gasteiger charge is 2.12. The van der Waals surface area contributed by atoms with Crippen molar-refractivity contribution in [3.63, 3.8) is 0 Å². The topological polar surface area (TPSA) is 49.3 Å². The molecule has 0 aliphatic heterocycles. The molecule has 17 heavy (non-hydrogen) atoms. The number of amides is 1. The van der Waals surface area contributed by atoms with Crippen LogP contribution in [0.1, 0.15) is 40.4 Å². The summed E-state index contributed by atoms with van der Waals surface area (Å²) in [6, 6.07) is 1.89. The summed E-state index contributed by atoms with van der Waals surface area (Å²) in [5.74, 6) is 0.349. The molecule has 0 aliphatic rings. The van der Waals surface area contributed by atoms with Crippen molar-refractivity contribution in [2.24, 2.45) is 5.92 Å². The van der Waals surface area contributed by atoms with Crippen molar-refractivity contribution < 1.29 is 9.90 Å². The number of carbonyl (C=O) groups is 1. The molecule has 96 valence electrons. The van der Waals surface area contributed by atoms with Gasteiger partial charge in [0.2, 0.25) is 0 Å². The van der Waals surface area contributed by atoms with Gasteiger partial charge >= 0.3 is 0 Å². The van der Waals surface area contributed by atoms with Gasteiger partial charge in [0.1, 0.15) is 0 Å². The van der Waals surface area contributed by atoms with Crippen LogP contribution in [0, 0.1) is 19.8 Å². The Kier molecular flexibility index (Phi) is 5.15. The van der Waals surface area contributed by atoms with Crippen LogP contribution < -0.4 is 5.32 Å². The summed E-state index contributed by atoms with van der Waals surface area (Å²) in [5.41, 5.74) is 1.14. The van der Waals surface area contributed by atoms with E-state index >= 15 is 0 Å². The lowest BCUT2D eigenvalue weighted by Crippen LogP contribution is -2.32. The van der Waals surface area contributed by atoms with Crippen LogP contribution in [-0.4, -0.2) is 23.7 Å². The van der Waals surface area contributed by atoms with Crippen LogP contribution in [0.5, 0.6) is 0 Å². The third-order valence-corrected chi connectivity index (χ3v) is 3.78. The summed E-state index contributed by atoms with van der Waals surface area (Å²) in [6.07, 6.45) is 0.254. The standard InChI is InChI=1S/C13H21NO2S/c1-8(2)5-11(15)7-14-13(16)12-6-9(3)10(4)17-12/h6,8,11,15H,5,7H2,1-4H3,(H,14,16). The summed E-state index contributed by atoms with van der Waals surface area (Å²) in [4.78, 5) is 13.7. The van der Waals surface area contributed by atoms with Gasteiger partial charge in [0.15, 0.2) is 0 Å². The van der Waals surface area contributed by atoms with E-state index < -0.39 is 6.10 Å². The van der Waals surface area contributed by atoms with E-state index in [0.29, 0.717) is 18.9 Å². The fraction of sp³-hybridized carbons (Fsp3) is 0.615. The fourth-order valence-electron chi connectivity index (χ4n) is 1.61. The lowest BCUT2D eigenvalue weighted by Gasteiger charge is -2.13. The van der Waals surface area contributed by atoms with Gasteiger partial charge in [-0.05, 0) is 37.8 Å². The van der Waals surface area contributed by atoms with E-state index in [2.05, 4.69) is 19.2 Å². The molecule has 1 aromatic heterocycles. The Balaban J connectivity index is 2.45. The molecule has 0 bridgehead atoms. The number of nitrogens with one attached hydrogen (secondary N) is 1. The highest BCUT2D eigenvalue weighted by molar-refractivity contribution is 7.14. The predicted molar refractivity (Wildman–Crippen MR) is 71.6 cm³/mol. The van der Waals surface area contributed by atoms with Crippen LogP contribution >= 0.6 is 11.3 Å². The van der Waals surface area contributed by atoms with E-state index in [-0.39, 0.29) is 5.91 Å². The van der Waals surface area contributed by atoms with Gasteiger partial charge in [-0.1, -0.05) is 13.8 Å². The Morgan fingerprint density at radius 1 is 1.47 bits per heavy atom. The quantitative estimate of drug-likeness (QED) is 0.849. The largest absolute Gasteiger partial charge is 0.391 e. The van der Waals surface area contributed by atoms with Crippen LogP contribution in [0.4, 0.5) is 0 Å². The van der Waals surface area contributed by atoms with Gasteiger partial charge in [-0.15, -0.1) is 11.3 Å². The summed E-state index contributed by atoms with van der Waals surface area (Å²) >= 11 is 1.49. The number of hydrogen-bond acceptors (Lipinski definition) is 3. The average Bonchev–Trinajstić information content (AvgIpc) is 2.55. The van der Waals surface area contributed by atoms with E-state index in [1.807, 2.05) is 19.9 Å². The van der Waals surface area contributed by atoms with Crippen LogP contribution in [-0.2, 0) is 0 Å². The first kappa shape index (κ1) is 14.2. The number of carbonyl (C=O) groups excluding carboxylic acids is 1. The van der Waals surface area contributed by atoms with Crippen molar-refractivity contribution in [1.82, 2.24) is 5.32 Å². The Morgan fingerprint density at radius 2 is 2.12 bits per heavy atom. The Labute approximate surface area is 107 Å². The highest BCUT2D eigenvalue weighted by Crippen LogP contribution is 2.20.